The minimum Gasteiger partial charge on any atom is -0.416 e. The van der Waals surface area contributed by atoms with Crippen molar-refractivity contribution in [1.29, 1.82) is 0 Å². The van der Waals surface area contributed by atoms with Gasteiger partial charge in [0.15, 0.2) is 0 Å². The first kappa shape index (κ1) is 11.1. The van der Waals surface area contributed by atoms with Crippen LogP contribution in [0.3, 0.4) is 0 Å². The summed E-state index contributed by atoms with van der Waals surface area (Å²) in [5, 5.41) is 10.4. The highest BCUT2D eigenvalue weighted by molar-refractivity contribution is 5.89. The Morgan fingerprint density at radius 1 is 1.44 bits per heavy atom. The van der Waals surface area contributed by atoms with E-state index in [1.807, 2.05) is 20.8 Å². The van der Waals surface area contributed by atoms with Crippen molar-refractivity contribution < 1.29 is 9.21 Å². The maximum absolute atomic E-state index is 11.6. The number of nitrogens with one attached hydrogen (secondary N) is 1. The third-order valence-electron chi connectivity index (χ3n) is 2.51. The highest BCUT2D eigenvalue weighted by Gasteiger charge is 2.26. The Balaban J connectivity index is 1.97. The molecule has 1 aliphatic rings. The zero-order valence-corrected chi connectivity index (χ0v) is 9.91. The number of amides is 1. The van der Waals surface area contributed by atoms with E-state index < -0.39 is 0 Å². The third-order valence-corrected chi connectivity index (χ3v) is 2.51. The molecule has 1 fully saturated rings. The minimum absolute atomic E-state index is 0.0607. The van der Waals surface area contributed by atoms with E-state index in [0.29, 0.717) is 18.4 Å². The summed E-state index contributed by atoms with van der Waals surface area (Å²) in [4.78, 5) is 11.6. The SMILES string of the molecule is CC(C)(C)c1nnc(C(=O)NCC2CC2)o1. The van der Waals surface area contributed by atoms with E-state index in [1.54, 1.807) is 0 Å². The van der Waals surface area contributed by atoms with E-state index in [9.17, 15) is 4.79 Å². The molecule has 1 aromatic heterocycles. The molecule has 1 amide bonds. The fourth-order valence-electron chi connectivity index (χ4n) is 1.25. The maximum atomic E-state index is 11.6. The largest absolute Gasteiger partial charge is 0.416 e. The predicted molar refractivity (Wildman–Crippen MR) is 58.1 cm³/mol. The topological polar surface area (TPSA) is 68.0 Å². The van der Waals surface area contributed by atoms with Gasteiger partial charge in [-0.05, 0) is 18.8 Å². The second kappa shape index (κ2) is 3.88. The van der Waals surface area contributed by atoms with Crippen LogP contribution in [-0.4, -0.2) is 22.6 Å². The van der Waals surface area contributed by atoms with Crippen LogP contribution in [0.5, 0.6) is 0 Å². The van der Waals surface area contributed by atoms with Gasteiger partial charge in [-0.2, -0.15) is 0 Å². The summed E-state index contributed by atoms with van der Waals surface area (Å²) in [5.41, 5.74) is -0.220. The molecule has 1 N–H and O–H groups in total. The molecule has 1 aliphatic carbocycles. The fourth-order valence-corrected chi connectivity index (χ4v) is 1.25. The van der Waals surface area contributed by atoms with Crippen molar-refractivity contribution in [1.82, 2.24) is 15.5 Å². The summed E-state index contributed by atoms with van der Waals surface area (Å²) in [5.74, 6) is 0.929. The van der Waals surface area contributed by atoms with Gasteiger partial charge in [-0.1, -0.05) is 20.8 Å². The van der Waals surface area contributed by atoms with E-state index in [2.05, 4.69) is 15.5 Å². The van der Waals surface area contributed by atoms with Gasteiger partial charge in [-0.15, -0.1) is 10.2 Å². The summed E-state index contributed by atoms with van der Waals surface area (Å²) in [6.45, 7) is 6.61. The average molecular weight is 223 g/mol. The smallest absolute Gasteiger partial charge is 0.308 e. The van der Waals surface area contributed by atoms with E-state index in [4.69, 9.17) is 4.42 Å². The van der Waals surface area contributed by atoms with Gasteiger partial charge in [0.1, 0.15) is 0 Å². The van der Waals surface area contributed by atoms with Crippen LogP contribution in [0.25, 0.3) is 0 Å². The van der Waals surface area contributed by atoms with Crippen molar-refractivity contribution in [2.45, 2.75) is 39.0 Å². The lowest BCUT2D eigenvalue weighted by molar-refractivity contribution is 0.0913. The second-order valence-corrected chi connectivity index (χ2v) is 5.32. The Morgan fingerprint density at radius 2 is 2.12 bits per heavy atom. The second-order valence-electron chi connectivity index (χ2n) is 5.32. The molecule has 0 saturated heterocycles. The van der Waals surface area contributed by atoms with E-state index >= 15 is 0 Å². The number of carbonyl (C=O) groups is 1. The number of hydrogen-bond acceptors (Lipinski definition) is 4. The van der Waals surface area contributed by atoms with Gasteiger partial charge in [0.2, 0.25) is 5.89 Å². The first-order chi connectivity index (χ1) is 7.47. The van der Waals surface area contributed by atoms with Gasteiger partial charge in [0, 0.05) is 12.0 Å². The van der Waals surface area contributed by atoms with Gasteiger partial charge >= 0.3 is 11.8 Å². The van der Waals surface area contributed by atoms with Crippen LogP contribution in [0, 0.1) is 5.92 Å². The highest BCUT2D eigenvalue weighted by Crippen LogP contribution is 2.27. The Kier molecular flexibility index (Phi) is 2.69. The lowest BCUT2D eigenvalue weighted by atomic mass is 9.97. The molecule has 1 heterocycles. The Morgan fingerprint density at radius 3 is 2.62 bits per heavy atom. The molecule has 0 radical (unpaired) electrons. The Hall–Kier alpha value is -1.39. The van der Waals surface area contributed by atoms with Crippen molar-refractivity contribution in [3.05, 3.63) is 11.8 Å². The van der Waals surface area contributed by atoms with Gasteiger partial charge < -0.3 is 9.73 Å². The van der Waals surface area contributed by atoms with Crippen molar-refractivity contribution in [3.8, 4) is 0 Å². The van der Waals surface area contributed by atoms with Crippen LogP contribution in [0.15, 0.2) is 4.42 Å². The average Bonchev–Trinajstić information content (AvgIpc) is 2.86. The normalized spacial score (nSPS) is 16.2. The first-order valence-electron chi connectivity index (χ1n) is 5.59. The molecule has 5 nitrogen and oxygen atoms in total. The van der Waals surface area contributed by atoms with E-state index in [1.165, 1.54) is 12.8 Å². The number of aromatic nitrogens is 2. The standard InChI is InChI=1S/C11H17N3O2/c1-11(2,3)10-14-13-9(16-10)8(15)12-6-7-4-5-7/h7H,4-6H2,1-3H3,(H,12,15). The number of hydrogen-bond donors (Lipinski definition) is 1. The Bertz CT molecular complexity index is 388. The summed E-state index contributed by atoms with van der Waals surface area (Å²) in [6, 6.07) is 0. The van der Waals surface area contributed by atoms with Crippen molar-refractivity contribution >= 4 is 5.91 Å². The van der Waals surface area contributed by atoms with Crippen molar-refractivity contribution in [3.63, 3.8) is 0 Å². The van der Waals surface area contributed by atoms with Gasteiger partial charge in [0.05, 0.1) is 0 Å². The molecule has 88 valence electrons. The molecule has 1 saturated carbocycles. The lowest BCUT2D eigenvalue weighted by Crippen LogP contribution is -2.25. The van der Waals surface area contributed by atoms with Crippen LogP contribution in [-0.2, 0) is 5.41 Å². The molecule has 1 aromatic rings. The van der Waals surface area contributed by atoms with Crippen LogP contribution in [0.2, 0.25) is 0 Å². The zero-order valence-electron chi connectivity index (χ0n) is 9.91. The quantitative estimate of drug-likeness (QED) is 0.843. The molecule has 0 aliphatic heterocycles. The molecular formula is C11H17N3O2. The lowest BCUT2D eigenvalue weighted by Gasteiger charge is -2.10. The summed E-state index contributed by atoms with van der Waals surface area (Å²) < 4.78 is 5.33. The predicted octanol–water partition coefficient (Wildman–Crippen LogP) is 1.51. The molecule has 0 unspecified atom stereocenters. The van der Waals surface area contributed by atoms with Crippen molar-refractivity contribution in [2.75, 3.05) is 6.54 Å². The summed E-state index contributed by atoms with van der Waals surface area (Å²) in [6.07, 6.45) is 2.41. The molecule has 0 aromatic carbocycles. The molecule has 2 rings (SSSR count). The molecule has 0 spiro atoms. The van der Waals surface area contributed by atoms with Crippen LogP contribution >= 0.6 is 0 Å². The monoisotopic (exact) mass is 223 g/mol. The maximum Gasteiger partial charge on any atom is 0.308 e. The van der Waals surface area contributed by atoms with Crippen LogP contribution < -0.4 is 5.32 Å². The summed E-state index contributed by atoms with van der Waals surface area (Å²) in [7, 11) is 0. The molecule has 16 heavy (non-hydrogen) atoms. The molecule has 5 heteroatoms. The molecule has 0 bridgehead atoms. The van der Waals surface area contributed by atoms with Crippen LogP contribution in [0.1, 0.15) is 50.2 Å². The number of carbonyl (C=O) groups excluding carboxylic acids is 1. The molecular weight excluding hydrogens is 206 g/mol. The minimum atomic E-state index is -0.269. The fraction of sp³-hybridized carbons (Fsp3) is 0.727. The van der Waals surface area contributed by atoms with Gasteiger partial charge in [-0.3, -0.25) is 4.79 Å². The zero-order chi connectivity index (χ0) is 11.8. The van der Waals surface area contributed by atoms with Gasteiger partial charge in [-0.25, -0.2) is 0 Å². The summed E-state index contributed by atoms with van der Waals surface area (Å²) >= 11 is 0. The Labute approximate surface area is 94.6 Å². The van der Waals surface area contributed by atoms with Crippen LogP contribution in [0.4, 0.5) is 0 Å². The van der Waals surface area contributed by atoms with E-state index in [0.717, 1.165) is 0 Å². The first-order valence-corrected chi connectivity index (χ1v) is 5.59. The van der Waals surface area contributed by atoms with E-state index in [-0.39, 0.29) is 17.2 Å². The van der Waals surface area contributed by atoms with Gasteiger partial charge in [0.25, 0.3) is 0 Å². The van der Waals surface area contributed by atoms with Crippen molar-refractivity contribution in [2.24, 2.45) is 5.92 Å². The highest BCUT2D eigenvalue weighted by atomic mass is 16.4. The number of nitrogens with zero attached hydrogens (tertiary/aromatic N) is 2. The number of rotatable bonds is 3. The molecule has 0 atom stereocenters. The third kappa shape index (κ3) is 2.59.